The summed E-state index contributed by atoms with van der Waals surface area (Å²) < 4.78 is 0. The SMILES string of the molecule is Cc1ccc(N2CCC(N)=N2)cc1Cl. The molecule has 0 atom stereocenters. The van der Waals surface area contributed by atoms with Crippen molar-refractivity contribution in [2.45, 2.75) is 13.3 Å². The Bertz CT molecular complexity index is 387. The van der Waals surface area contributed by atoms with Crippen molar-refractivity contribution in [2.24, 2.45) is 10.8 Å². The maximum Gasteiger partial charge on any atom is 0.122 e. The first-order chi connectivity index (χ1) is 6.66. The molecule has 4 heteroatoms. The fourth-order valence-electron chi connectivity index (χ4n) is 1.40. The van der Waals surface area contributed by atoms with Crippen molar-refractivity contribution in [2.75, 3.05) is 11.6 Å². The van der Waals surface area contributed by atoms with Crippen LogP contribution < -0.4 is 10.7 Å². The summed E-state index contributed by atoms with van der Waals surface area (Å²) in [5.41, 5.74) is 7.68. The average molecular weight is 210 g/mol. The predicted octanol–water partition coefficient (Wildman–Crippen LogP) is 2.13. The molecule has 0 amide bonds. The number of rotatable bonds is 1. The minimum Gasteiger partial charge on any atom is -0.386 e. The van der Waals surface area contributed by atoms with Crippen LogP contribution in [0.2, 0.25) is 5.02 Å². The molecule has 1 aliphatic rings. The van der Waals surface area contributed by atoms with Gasteiger partial charge in [-0.3, -0.25) is 5.01 Å². The van der Waals surface area contributed by atoms with Gasteiger partial charge in [-0.05, 0) is 24.6 Å². The van der Waals surface area contributed by atoms with Gasteiger partial charge in [0.15, 0.2) is 0 Å². The summed E-state index contributed by atoms with van der Waals surface area (Å²) >= 11 is 6.02. The molecule has 0 fully saturated rings. The number of hydrazone groups is 1. The summed E-state index contributed by atoms with van der Waals surface area (Å²) in [6.45, 7) is 2.82. The van der Waals surface area contributed by atoms with Crippen molar-refractivity contribution in [3.63, 3.8) is 0 Å². The van der Waals surface area contributed by atoms with Crippen LogP contribution in [-0.4, -0.2) is 12.4 Å². The molecule has 0 radical (unpaired) electrons. The molecule has 1 heterocycles. The Hall–Kier alpha value is -1.22. The molecule has 0 saturated carbocycles. The quantitative estimate of drug-likeness (QED) is 0.770. The van der Waals surface area contributed by atoms with Gasteiger partial charge in [-0.2, -0.15) is 5.10 Å². The summed E-state index contributed by atoms with van der Waals surface area (Å²) in [4.78, 5) is 0. The first kappa shape index (κ1) is 9.34. The van der Waals surface area contributed by atoms with Gasteiger partial charge in [-0.25, -0.2) is 0 Å². The molecule has 0 bridgehead atoms. The third-order valence-corrected chi connectivity index (χ3v) is 2.69. The van der Waals surface area contributed by atoms with Crippen molar-refractivity contribution in [3.8, 4) is 0 Å². The van der Waals surface area contributed by atoms with Gasteiger partial charge in [0.1, 0.15) is 5.84 Å². The number of amidine groups is 1. The number of hydrogen-bond donors (Lipinski definition) is 1. The number of hydrogen-bond acceptors (Lipinski definition) is 3. The van der Waals surface area contributed by atoms with Crippen LogP contribution in [0.15, 0.2) is 23.3 Å². The molecular weight excluding hydrogens is 198 g/mol. The summed E-state index contributed by atoms with van der Waals surface area (Å²) in [7, 11) is 0. The highest BCUT2D eigenvalue weighted by Crippen LogP contribution is 2.24. The molecule has 14 heavy (non-hydrogen) atoms. The van der Waals surface area contributed by atoms with Gasteiger partial charge in [-0.1, -0.05) is 17.7 Å². The molecule has 74 valence electrons. The van der Waals surface area contributed by atoms with E-state index < -0.39 is 0 Å². The highest BCUT2D eigenvalue weighted by Gasteiger charge is 2.13. The first-order valence-electron chi connectivity index (χ1n) is 4.53. The second-order valence-corrected chi connectivity index (χ2v) is 3.81. The van der Waals surface area contributed by atoms with Crippen LogP contribution in [0.5, 0.6) is 0 Å². The van der Waals surface area contributed by atoms with E-state index in [0.717, 1.165) is 29.2 Å². The monoisotopic (exact) mass is 209 g/mol. The molecule has 3 nitrogen and oxygen atoms in total. The molecule has 0 aliphatic carbocycles. The van der Waals surface area contributed by atoms with Gasteiger partial charge in [0, 0.05) is 18.0 Å². The number of nitrogens with two attached hydrogens (primary N) is 1. The summed E-state index contributed by atoms with van der Waals surface area (Å²) in [6.07, 6.45) is 0.825. The normalized spacial score (nSPS) is 15.9. The zero-order chi connectivity index (χ0) is 10.1. The van der Waals surface area contributed by atoms with Gasteiger partial charge >= 0.3 is 0 Å². The zero-order valence-corrected chi connectivity index (χ0v) is 8.75. The Labute approximate surface area is 88.2 Å². The van der Waals surface area contributed by atoms with Crippen LogP contribution >= 0.6 is 11.6 Å². The van der Waals surface area contributed by atoms with Crippen molar-refractivity contribution in [1.82, 2.24) is 0 Å². The molecule has 0 unspecified atom stereocenters. The summed E-state index contributed by atoms with van der Waals surface area (Å²) in [6, 6.07) is 5.91. The highest BCUT2D eigenvalue weighted by molar-refractivity contribution is 6.31. The van der Waals surface area contributed by atoms with E-state index in [1.54, 1.807) is 0 Å². The topological polar surface area (TPSA) is 41.6 Å². The van der Waals surface area contributed by atoms with Gasteiger partial charge in [0.05, 0.1) is 5.69 Å². The maximum atomic E-state index is 6.02. The summed E-state index contributed by atoms with van der Waals surface area (Å²) in [5, 5.41) is 6.84. The molecule has 2 rings (SSSR count). The third kappa shape index (κ3) is 1.68. The fraction of sp³-hybridized carbons (Fsp3) is 0.300. The minimum absolute atomic E-state index is 0.682. The lowest BCUT2D eigenvalue weighted by Crippen LogP contribution is -2.11. The second kappa shape index (κ2) is 3.50. The van der Waals surface area contributed by atoms with Gasteiger partial charge in [-0.15, -0.1) is 0 Å². The van der Waals surface area contributed by atoms with Crippen LogP contribution in [0, 0.1) is 6.92 Å². The standard InChI is InChI=1S/C10H12ClN3/c1-7-2-3-8(6-9(7)11)14-5-4-10(12)13-14/h2-3,6H,4-5H2,1H3,(H2,12,13). The van der Waals surface area contributed by atoms with Gasteiger partial charge < -0.3 is 5.73 Å². The minimum atomic E-state index is 0.682. The smallest absolute Gasteiger partial charge is 0.122 e. The predicted molar refractivity (Wildman–Crippen MR) is 59.8 cm³/mol. The van der Waals surface area contributed by atoms with E-state index in [4.69, 9.17) is 17.3 Å². The number of halogens is 1. The molecule has 2 N–H and O–H groups in total. The van der Waals surface area contributed by atoms with Crippen molar-refractivity contribution >= 4 is 23.1 Å². The zero-order valence-electron chi connectivity index (χ0n) is 8.00. The third-order valence-electron chi connectivity index (χ3n) is 2.28. The van der Waals surface area contributed by atoms with E-state index in [9.17, 15) is 0 Å². The summed E-state index contributed by atoms with van der Waals surface area (Å²) in [5.74, 6) is 0.682. The maximum absolute atomic E-state index is 6.02. The Morgan fingerprint density at radius 2 is 2.29 bits per heavy atom. The van der Waals surface area contributed by atoms with E-state index in [-0.39, 0.29) is 0 Å². The van der Waals surface area contributed by atoms with Crippen LogP contribution in [0.3, 0.4) is 0 Å². The van der Waals surface area contributed by atoms with E-state index in [1.807, 2.05) is 30.1 Å². The number of aryl methyl sites for hydroxylation is 1. The lowest BCUT2D eigenvalue weighted by atomic mass is 10.2. The molecule has 1 aliphatic heterocycles. The lowest BCUT2D eigenvalue weighted by Gasteiger charge is -2.13. The van der Waals surface area contributed by atoms with E-state index >= 15 is 0 Å². The van der Waals surface area contributed by atoms with Crippen molar-refractivity contribution < 1.29 is 0 Å². The van der Waals surface area contributed by atoms with E-state index in [2.05, 4.69) is 5.10 Å². The molecular formula is C10H12ClN3. The van der Waals surface area contributed by atoms with Crippen LogP contribution in [0.4, 0.5) is 5.69 Å². The number of anilines is 1. The van der Waals surface area contributed by atoms with Crippen LogP contribution in [-0.2, 0) is 0 Å². The fourth-order valence-corrected chi connectivity index (χ4v) is 1.58. The first-order valence-corrected chi connectivity index (χ1v) is 4.91. The Morgan fingerprint density at radius 1 is 1.50 bits per heavy atom. The molecule has 0 spiro atoms. The number of nitrogens with zero attached hydrogens (tertiary/aromatic N) is 2. The van der Waals surface area contributed by atoms with Crippen LogP contribution in [0.1, 0.15) is 12.0 Å². The molecule has 1 aromatic carbocycles. The van der Waals surface area contributed by atoms with Gasteiger partial charge in [0.25, 0.3) is 0 Å². The Balaban J connectivity index is 2.29. The van der Waals surface area contributed by atoms with Crippen LogP contribution in [0.25, 0.3) is 0 Å². The van der Waals surface area contributed by atoms with E-state index in [1.165, 1.54) is 0 Å². The Kier molecular flexibility index (Phi) is 2.33. The van der Waals surface area contributed by atoms with E-state index in [0.29, 0.717) is 5.84 Å². The highest BCUT2D eigenvalue weighted by atomic mass is 35.5. The molecule has 0 saturated heterocycles. The lowest BCUT2D eigenvalue weighted by molar-refractivity contribution is 0.921. The second-order valence-electron chi connectivity index (χ2n) is 3.40. The van der Waals surface area contributed by atoms with Gasteiger partial charge in [0.2, 0.25) is 0 Å². The molecule has 0 aromatic heterocycles. The number of benzene rings is 1. The van der Waals surface area contributed by atoms with Crippen molar-refractivity contribution in [3.05, 3.63) is 28.8 Å². The average Bonchev–Trinajstić information content (AvgIpc) is 2.57. The Morgan fingerprint density at radius 3 is 2.86 bits per heavy atom. The molecule has 1 aromatic rings. The van der Waals surface area contributed by atoms with Crippen molar-refractivity contribution in [1.29, 1.82) is 0 Å². The largest absolute Gasteiger partial charge is 0.386 e.